The Balaban J connectivity index is 2.18. The van der Waals surface area contributed by atoms with Crippen LogP contribution in [-0.4, -0.2) is 55.6 Å². The number of hydrogen-bond donors (Lipinski definition) is 1. The summed E-state index contributed by atoms with van der Waals surface area (Å²) >= 11 is 12.7. The Hall–Kier alpha value is -2.13. The highest BCUT2D eigenvalue weighted by Gasteiger charge is 2.30. The van der Waals surface area contributed by atoms with E-state index in [-0.39, 0.29) is 48.6 Å². The summed E-state index contributed by atoms with van der Waals surface area (Å²) in [5.74, 6) is -0.259. The average Bonchev–Trinajstić information content (AvgIpc) is 2.84. The minimum absolute atomic E-state index is 0.0602. The number of nitrogens with zero attached hydrogens (tertiary/aromatic N) is 2. The Morgan fingerprint density at radius 2 is 1.61 bits per heavy atom. The predicted octanol–water partition coefficient (Wildman–Crippen LogP) is 4.97. The maximum Gasteiger partial charge on any atom is 0.242 e. The molecule has 0 heterocycles. The van der Waals surface area contributed by atoms with Crippen LogP contribution in [0.1, 0.15) is 45.6 Å². The Bertz CT molecular complexity index is 1110. The summed E-state index contributed by atoms with van der Waals surface area (Å²) in [6.07, 6.45) is 0.753. The number of carbonyl (C=O) groups is 2. The van der Waals surface area contributed by atoms with Crippen LogP contribution >= 0.6 is 23.2 Å². The van der Waals surface area contributed by atoms with Crippen LogP contribution in [0, 0.1) is 5.92 Å². The molecule has 0 spiro atoms. The number of hydrogen-bond acceptors (Lipinski definition) is 4. The second-order valence-electron chi connectivity index (χ2n) is 9.03. The Kier molecular flexibility index (Phi) is 11.7. The van der Waals surface area contributed by atoms with E-state index in [9.17, 15) is 18.0 Å². The summed E-state index contributed by atoms with van der Waals surface area (Å²) in [4.78, 5) is 28.1. The van der Waals surface area contributed by atoms with E-state index in [4.69, 9.17) is 23.2 Å². The molecule has 2 aromatic carbocycles. The molecule has 36 heavy (non-hydrogen) atoms. The van der Waals surface area contributed by atoms with Gasteiger partial charge in [0.2, 0.25) is 21.8 Å². The molecule has 0 aliphatic heterocycles. The van der Waals surface area contributed by atoms with E-state index in [1.54, 1.807) is 36.4 Å². The van der Waals surface area contributed by atoms with Crippen molar-refractivity contribution in [2.45, 2.75) is 57.5 Å². The number of carbonyl (C=O) groups excluding carboxylic acids is 2. The number of sulfonamides is 1. The lowest BCUT2D eigenvalue weighted by molar-refractivity contribution is -0.141. The fourth-order valence-electron chi connectivity index (χ4n) is 3.68. The highest BCUT2D eigenvalue weighted by Crippen LogP contribution is 2.27. The van der Waals surface area contributed by atoms with E-state index < -0.39 is 16.1 Å². The van der Waals surface area contributed by atoms with Crippen LogP contribution in [0.5, 0.6) is 0 Å². The van der Waals surface area contributed by atoms with Gasteiger partial charge in [-0.3, -0.25) is 9.59 Å². The fourth-order valence-corrected chi connectivity index (χ4v) is 5.43. The molecule has 198 valence electrons. The van der Waals surface area contributed by atoms with E-state index in [0.717, 1.165) is 0 Å². The van der Waals surface area contributed by atoms with Crippen LogP contribution in [0.3, 0.4) is 0 Å². The number of nitrogens with one attached hydrogen (secondary N) is 1. The lowest BCUT2D eigenvalue weighted by Crippen LogP contribution is -2.49. The molecular weight excluding hydrogens is 521 g/mol. The van der Waals surface area contributed by atoms with Crippen LogP contribution in [0.4, 0.5) is 0 Å². The SMILES string of the molecule is CC[C@@H](C(=O)NCC(C)C)N(Cc1c(Cl)cccc1Cl)C(=O)CCCN(C)S(=O)(=O)c1ccccc1. The molecule has 1 N–H and O–H groups in total. The highest BCUT2D eigenvalue weighted by molar-refractivity contribution is 7.89. The molecule has 1 atom stereocenters. The van der Waals surface area contributed by atoms with Crippen molar-refractivity contribution in [1.82, 2.24) is 14.5 Å². The lowest BCUT2D eigenvalue weighted by Gasteiger charge is -2.31. The van der Waals surface area contributed by atoms with Gasteiger partial charge in [0.25, 0.3) is 0 Å². The molecule has 0 unspecified atom stereocenters. The van der Waals surface area contributed by atoms with Gasteiger partial charge >= 0.3 is 0 Å². The van der Waals surface area contributed by atoms with Gasteiger partial charge in [0.15, 0.2) is 0 Å². The third-order valence-corrected chi connectivity index (χ3v) is 8.35. The Morgan fingerprint density at radius 3 is 2.17 bits per heavy atom. The van der Waals surface area contributed by atoms with Gasteiger partial charge in [0, 0.05) is 48.7 Å². The van der Waals surface area contributed by atoms with Crippen molar-refractivity contribution < 1.29 is 18.0 Å². The second kappa shape index (κ2) is 14.0. The van der Waals surface area contributed by atoms with E-state index in [0.29, 0.717) is 28.6 Å². The van der Waals surface area contributed by atoms with Crippen LogP contribution in [-0.2, 0) is 26.2 Å². The molecule has 0 aliphatic rings. The number of halogens is 2. The fraction of sp³-hybridized carbons (Fsp3) is 0.462. The van der Waals surface area contributed by atoms with Gasteiger partial charge in [0.05, 0.1) is 4.90 Å². The summed E-state index contributed by atoms with van der Waals surface area (Å²) in [5.41, 5.74) is 0.563. The molecule has 0 saturated carbocycles. The Labute approximate surface area is 224 Å². The first kappa shape index (κ1) is 30.1. The van der Waals surface area contributed by atoms with Crippen molar-refractivity contribution in [2.24, 2.45) is 5.92 Å². The van der Waals surface area contributed by atoms with E-state index >= 15 is 0 Å². The molecule has 0 radical (unpaired) electrons. The maximum atomic E-state index is 13.4. The van der Waals surface area contributed by atoms with Gasteiger partial charge < -0.3 is 10.2 Å². The summed E-state index contributed by atoms with van der Waals surface area (Å²) in [6.45, 7) is 6.55. The number of amides is 2. The largest absolute Gasteiger partial charge is 0.354 e. The standard InChI is InChI=1S/C26H35Cl2N3O4S/c1-5-24(26(33)29-17-19(2)3)31(18-21-22(27)13-9-14-23(21)28)25(32)15-10-16-30(4)36(34,35)20-11-7-6-8-12-20/h6-9,11-14,19,24H,5,10,15-18H2,1-4H3,(H,29,33)/t24-/m0/s1. The normalized spacial score (nSPS) is 12.6. The van der Waals surface area contributed by atoms with E-state index in [2.05, 4.69) is 5.32 Å². The molecule has 0 saturated heterocycles. The molecule has 7 nitrogen and oxygen atoms in total. The van der Waals surface area contributed by atoms with Crippen LogP contribution in [0.15, 0.2) is 53.4 Å². The summed E-state index contributed by atoms with van der Waals surface area (Å²) in [7, 11) is -2.17. The third-order valence-electron chi connectivity index (χ3n) is 5.78. The van der Waals surface area contributed by atoms with Crippen molar-refractivity contribution >= 4 is 45.0 Å². The lowest BCUT2D eigenvalue weighted by atomic mass is 10.1. The van der Waals surface area contributed by atoms with Crippen LogP contribution in [0.2, 0.25) is 10.0 Å². The molecule has 0 fully saturated rings. The highest BCUT2D eigenvalue weighted by atomic mass is 35.5. The average molecular weight is 557 g/mol. The van der Waals surface area contributed by atoms with Crippen molar-refractivity contribution in [3.05, 3.63) is 64.1 Å². The molecule has 0 bridgehead atoms. The summed E-state index contributed by atoms with van der Waals surface area (Å²) < 4.78 is 26.8. The van der Waals surface area contributed by atoms with Crippen LogP contribution in [0.25, 0.3) is 0 Å². The van der Waals surface area contributed by atoms with Gasteiger partial charge in [-0.25, -0.2) is 12.7 Å². The molecule has 2 amide bonds. The molecule has 2 rings (SSSR count). The topological polar surface area (TPSA) is 86.8 Å². The Morgan fingerprint density at radius 1 is 1.00 bits per heavy atom. The van der Waals surface area contributed by atoms with Crippen molar-refractivity contribution in [2.75, 3.05) is 20.1 Å². The quantitative estimate of drug-likeness (QED) is 0.377. The third kappa shape index (κ3) is 8.20. The zero-order valence-electron chi connectivity index (χ0n) is 21.2. The smallest absolute Gasteiger partial charge is 0.242 e. The van der Waals surface area contributed by atoms with Gasteiger partial charge in [0.1, 0.15) is 6.04 Å². The van der Waals surface area contributed by atoms with Gasteiger partial charge in [-0.1, -0.05) is 68.2 Å². The molecular formula is C26H35Cl2N3O4S. The predicted molar refractivity (Wildman–Crippen MR) is 144 cm³/mol. The van der Waals surface area contributed by atoms with Crippen molar-refractivity contribution in [3.63, 3.8) is 0 Å². The molecule has 0 aliphatic carbocycles. The molecule has 10 heteroatoms. The van der Waals surface area contributed by atoms with E-state index in [1.807, 2.05) is 20.8 Å². The first-order valence-electron chi connectivity index (χ1n) is 12.0. The minimum Gasteiger partial charge on any atom is -0.354 e. The first-order chi connectivity index (χ1) is 17.0. The zero-order valence-corrected chi connectivity index (χ0v) is 23.5. The molecule has 0 aromatic heterocycles. The minimum atomic E-state index is -3.66. The van der Waals surface area contributed by atoms with Crippen molar-refractivity contribution in [3.8, 4) is 0 Å². The maximum absolute atomic E-state index is 13.4. The molecule has 2 aromatic rings. The summed E-state index contributed by atoms with van der Waals surface area (Å²) in [5, 5.41) is 3.73. The second-order valence-corrected chi connectivity index (χ2v) is 11.9. The number of benzene rings is 2. The zero-order chi connectivity index (χ0) is 26.9. The number of rotatable bonds is 13. The van der Waals surface area contributed by atoms with Gasteiger partial charge in [-0.05, 0) is 43.0 Å². The summed E-state index contributed by atoms with van der Waals surface area (Å²) in [6, 6.07) is 12.5. The van der Waals surface area contributed by atoms with Crippen LogP contribution < -0.4 is 5.32 Å². The van der Waals surface area contributed by atoms with Gasteiger partial charge in [-0.2, -0.15) is 0 Å². The van der Waals surface area contributed by atoms with Crippen molar-refractivity contribution in [1.29, 1.82) is 0 Å². The first-order valence-corrected chi connectivity index (χ1v) is 14.2. The van der Waals surface area contributed by atoms with E-state index in [1.165, 1.54) is 28.4 Å². The monoisotopic (exact) mass is 555 g/mol. The van der Waals surface area contributed by atoms with Gasteiger partial charge in [-0.15, -0.1) is 0 Å².